The van der Waals surface area contributed by atoms with Crippen molar-refractivity contribution in [3.8, 4) is 0 Å². The second kappa shape index (κ2) is 3.94. The largest absolute Gasteiger partial charge is 0.418 e. The first-order valence-electron chi connectivity index (χ1n) is 3.63. The van der Waals surface area contributed by atoms with Crippen LogP contribution in [0.15, 0.2) is 12.1 Å². The Labute approximate surface area is 86.1 Å². The van der Waals surface area contributed by atoms with Crippen LogP contribution in [0.3, 0.4) is 0 Å². The fraction of sp³-hybridized carbons (Fsp3) is 0.250. The summed E-state index contributed by atoms with van der Waals surface area (Å²) in [6, 6.07) is 1.05. The Morgan fingerprint density at radius 2 is 1.73 bits per heavy atom. The lowest BCUT2D eigenvalue weighted by atomic mass is 10.1. The molecule has 1 aromatic rings. The Morgan fingerprint density at radius 1 is 1.20 bits per heavy atom. The number of hydrogen-bond donors (Lipinski definition) is 1. The van der Waals surface area contributed by atoms with E-state index in [4.69, 9.17) is 16.7 Å². The first-order valence-corrected chi connectivity index (χ1v) is 4.01. The van der Waals surface area contributed by atoms with E-state index in [1.54, 1.807) is 0 Å². The monoisotopic (exact) mass is 246 g/mol. The fourth-order valence-corrected chi connectivity index (χ4v) is 1.10. The van der Waals surface area contributed by atoms with Crippen LogP contribution in [0.25, 0.3) is 0 Å². The Bertz CT molecular complexity index is 376. The van der Waals surface area contributed by atoms with Gasteiger partial charge in [0.15, 0.2) is 11.9 Å². The van der Waals surface area contributed by atoms with Gasteiger partial charge in [0.2, 0.25) is 0 Å². The topological polar surface area (TPSA) is 20.2 Å². The second-order valence-electron chi connectivity index (χ2n) is 2.71. The van der Waals surface area contributed by atoms with Crippen LogP contribution in [0.2, 0.25) is 5.02 Å². The van der Waals surface area contributed by atoms with Gasteiger partial charge in [-0.3, -0.25) is 0 Å². The minimum Gasteiger partial charge on any atom is -0.379 e. The van der Waals surface area contributed by atoms with Crippen molar-refractivity contribution in [3.05, 3.63) is 34.4 Å². The van der Waals surface area contributed by atoms with Crippen molar-refractivity contribution in [2.75, 3.05) is 0 Å². The Hall–Kier alpha value is -0.880. The lowest BCUT2D eigenvalue weighted by molar-refractivity contribution is -0.207. The molecule has 1 rings (SSSR count). The van der Waals surface area contributed by atoms with Crippen molar-refractivity contribution in [2.45, 2.75) is 12.3 Å². The van der Waals surface area contributed by atoms with Gasteiger partial charge in [0.05, 0.1) is 0 Å². The predicted molar refractivity (Wildman–Crippen MR) is 42.4 cm³/mol. The zero-order valence-corrected chi connectivity index (χ0v) is 7.70. The molecule has 1 atom stereocenters. The summed E-state index contributed by atoms with van der Waals surface area (Å²) in [6.45, 7) is 0. The van der Waals surface area contributed by atoms with Crippen LogP contribution in [0.5, 0.6) is 0 Å². The molecule has 0 bridgehead atoms. The molecule has 1 aromatic carbocycles. The van der Waals surface area contributed by atoms with Crippen molar-refractivity contribution in [1.29, 1.82) is 0 Å². The summed E-state index contributed by atoms with van der Waals surface area (Å²) in [6.07, 6.45) is -8.04. The van der Waals surface area contributed by atoms with Crippen molar-refractivity contribution >= 4 is 11.6 Å². The van der Waals surface area contributed by atoms with Crippen LogP contribution >= 0.6 is 11.6 Å². The number of rotatable bonds is 1. The Kier molecular flexibility index (Phi) is 3.20. The van der Waals surface area contributed by atoms with E-state index in [-0.39, 0.29) is 0 Å². The summed E-state index contributed by atoms with van der Waals surface area (Å²) in [5, 5.41) is 7.63. The van der Waals surface area contributed by atoms with E-state index in [0.29, 0.717) is 12.1 Å². The van der Waals surface area contributed by atoms with Gasteiger partial charge in [0.1, 0.15) is 10.8 Å². The average Bonchev–Trinajstić information content (AvgIpc) is 2.12. The van der Waals surface area contributed by atoms with Crippen LogP contribution in [0.1, 0.15) is 11.7 Å². The highest BCUT2D eigenvalue weighted by atomic mass is 35.5. The van der Waals surface area contributed by atoms with Crippen LogP contribution in [-0.4, -0.2) is 11.3 Å². The first-order chi connectivity index (χ1) is 6.75. The van der Waals surface area contributed by atoms with Crippen molar-refractivity contribution in [1.82, 2.24) is 0 Å². The van der Waals surface area contributed by atoms with E-state index in [9.17, 15) is 22.0 Å². The highest BCUT2D eigenvalue weighted by Gasteiger charge is 2.41. The lowest BCUT2D eigenvalue weighted by Gasteiger charge is -2.15. The maximum Gasteiger partial charge on any atom is 0.418 e. The molecule has 0 radical (unpaired) electrons. The fourth-order valence-electron chi connectivity index (χ4n) is 0.928. The van der Waals surface area contributed by atoms with Gasteiger partial charge in [0, 0.05) is 5.56 Å². The van der Waals surface area contributed by atoms with E-state index in [1.807, 2.05) is 0 Å². The summed E-state index contributed by atoms with van der Waals surface area (Å²) in [5.74, 6) is -2.80. The number of alkyl halides is 3. The quantitative estimate of drug-likeness (QED) is 0.596. The molecule has 0 aliphatic carbocycles. The van der Waals surface area contributed by atoms with E-state index in [2.05, 4.69) is 0 Å². The van der Waals surface area contributed by atoms with Gasteiger partial charge in [-0.25, -0.2) is 8.78 Å². The van der Waals surface area contributed by atoms with Gasteiger partial charge in [-0.05, 0) is 6.07 Å². The molecule has 0 spiro atoms. The zero-order chi connectivity index (χ0) is 11.8. The van der Waals surface area contributed by atoms with Crippen molar-refractivity contribution < 1.29 is 27.1 Å². The predicted octanol–water partition coefficient (Wildman–Crippen LogP) is 3.21. The molecule has 15 heavy (non-hydrogen) atoms. The SMILES string of the molecule is O[C@H](c1ccc(F)c(Cl)c1F)C(F)(F)F. The highest BCUT2D eigenvalue weighted by molar-refractivity contribution is 6.30. The number of aliphatic hydroxyl groups is 1. The highest BCUT2D eigenvalue weighted by Crippen LogP contribution is 2.35. The molecule has 0 aliphatic heterocycles. The zero-order valence-electron chi connectivity index (χ0n) is 6.95. The molecule has 0 saturated carbocycles. The average molecular weight is 247 g/mol. The summed E-state index contributed by atoms with van der Waals surface area (Å²) in [4.78, 5) is 0. The van der Waals surface area contributed by atoms with Gasteiger partial charge < -0.3 is 5.11 Å². The molecule has 84 valence electrons. The Balaban J connectivity index is 3.23. The molecule has 0 aliphatic rings. The van der Waals surface area contributed by atoms with Crippen LogP contribution in [0.4, 0.5) is 22.0 Å². The van der Waals surface area contributed by atoms with Gasteiger partial charge in [0.25, 0.3) is 0 Å². The van der Waals surface area contributed by atoms with Crippen LogP contribution < -0.4 is 0 Å². The van der Waals surface area contributed by atoms with Crippen molar-refractivity contribution in [2.24, 2.45) is 0 Å². The summed E-state index contributed by atoms with van der Waals surface area (Å²) in [7, 11) is 0. The summed E-state index contributed by atoms with van der Waals surface area (Å²) in [5.41, 5.74) is -1.10. The third-order valence-electron chi connectivity index (χ3n) is 1.67. The minimum atomic E-state index is -5.03. The molecule has 7 heteroatoms. The third kappa shape index (κ3) is 2.38. The first kappa shape index (κ1) is 12.2. The van der Waals surface area contributed by atoms with Crippen LogP contribution in [-0.2, 0) is 0 Å². The number of halogens is 6. The van der Waals surface area contributed by atoms with Gasteiger partial charge in [-0.15, -0.1) is 0 Å². The van der Waals surface area contributed by atoms with E-state index >= 15 is 0 Å². The molecule has 0 amide bonds. The normalized spacial score (nSPS) is 14.1. The molecule has 0 unspecified atom stereocenters. The summed E-state index contributed by atoms with van der Waals surface area (Å²) < 4.78 is 61.6. The molecule has 0 heterocycles. The third-order valence-corrected chi connectivity index (χ3v) is 2.02. The standard InChI is InChI=1S/C8H4ClF5O/c9-5-4(10)2-1-3(6(5)11)7(15)8(12,13)14/h1-2,7,15H/t7-/m1/s1. The molecular weight excluding hydrogens is 243 g/mol. The van der Waals surface area contributed by atoms with E-state index in [1.165, 1.54) is 0 Å². The molecule has 1 N–H and O–H groups in total. The van der Waals surface area contributed by atoms with Crippen molar-refractivity contribution in [3.63, 3.8) is 0 Å². The number of hydrogen-bond acceptors (Lipinski definition) is 1. The molecule has 1 nitrogen and oxygen atoms in total. The summed E-state index contributed by atoms with van der Waals surface area (Å²) >= 11 is 5.05. The smallest absolute Gasteiger partial charge is 0.379 e. The maximum atomic E-state index is 13.0. The Morgan fingerprint density at radius 3 is 2.20 bits per heavy atom. The second-order valence-corrected chi connectivity index (χ2v) is 3.09. The maximum absolute atomic E-state index is 13.0. The molecule has 0 fully saturated rings. The molecule has 0 saturated heterocycles. The van der Waals surface area contributed by atoms with Crippen LogP contribution in [0, 0.1) is 11.6 Å². The molecule has 0 aromatic heterocycles. The number of aliphatic hydroxyl groups excluding tert-OH is 1. The molecular formula is C8H4ClF5O. The van der Waals surface area contributed by atoms with E-state index in [0.717, 1.165) is 0 Å². The van der Waals surface area contributed by atoms with E-state index < -0.39 is 34.5 Å². The van der Waals surface area contributed by atoms with Gasteiger partial charge in [-0.2, -0.15) is 13.2 Å². The minimum absolute atomic E-state index is 0.495. The van der Waals surface area contributed by atoms with Gasteiger partial charge in [-0.1, -0.05) is 17.7 Å². The van der Waals surface area contributed by atoms with Gasteiger partial charge >= 0.3 is 6.18 Å². The lowest BCUT2D eigenvalue weighted by Crippen LogP contribution is -2.21. The number of benzene rings is 1.